The van der Waals surface area contributed by atoms with Crippen LogP contribution in [0.1, 0.15) is 83.6 Å². The quantitative estimate of drug-likeness (QED) is 0.520. The van der Waals surface area contributed by atoms with Gasteiger partial charge < -0.3 is 15.0 Å². The smallest absolute Gasteiger partial charge is 0.306 e. The van der Waals surface area contributed by atoms with Crippen molar-refractivity contribution < 1.29 is 19.1 Å². The van der Waals surface area contributed by atoms with Crippen LogP contribution in [0.4, 0.5) is 0 Å². The highest BCUT2D eigenvalue weighted by atomic mass is 16.5. The molecule has 1 aliphatic heterocycles. The molecule has 0 aromatic heterocycles. The normalized spacial score (nSPS) is 36.8. The Morgan fingerprint density at radius 1 is 0.973 bits per heavy atom. The molecule has 6 nitrogen and oxygen atoms in total. The zero-order valence-electron chi connectivity index (χ0n) is 22.8. The molecule has 4 fully saturated rings. The minimum absolute atomic E-state index is 0.0553. The van der Waals surface area contributed by atoms with E-state index in [1.165, 1.54) is 32.1 Å². The van der Waals surface area contributed by atoms with Gasteiger partial charge in [0.1, 0.15) is 6.61 Å². The Morgan fingerprint density at radius 2 is 1.73 bits per heavy atom. The number of carbonyl (C=O) groups excluding carboxylic acids is 3. The lowest BCUT2D eigenvalue weighted by atomic mass is 9.47. The number of amides is 2. The largest absolute Gasteiger partial charge is 0.461 e. The predicted molar refractivity (Wildman–Crippen MR) is 142 cm³/mol. The van der Waals surface area contributed by atoms with Crippen molar-refractivity contribution in [3.63, 3.8) is 0 Å². The number of nitrogens with zero attached hydrogens (tertiary/aromatic N) is 1. The van der Waals surface area contributed by atoms with Crippen molar-refractivity contribution in [2.24, 2.45) is 34.5 Å². The molecule has 202 valence electrons. The minimum Gasteiger partial charge on any atom is -0.461 e. The van der Waals surface area contributed by atoms with Gasteiger partial charge in [0.2, 0.25) is 11.8 Å². The molecule has 5 rings (SSSR count). The second-order valence-electron chi connectivity index (χ2n) is 12.7. The van der Waals surface area contributed by atoms with Crippen molar-refractivity contribution in [3.8, 4) is 0 Å². The molecule has 6 heteroatoms. The van der Waals surface area contributed by atoms with Crippen LogP contribution in [-0.2, 0) is 25.7 Å². The molecule has 0 spiro atoms. The van der Waals surface area contributed by atoms with Gasteiger partial charge in [0, 0.05) is 32.5 Å². The summed E-state index contributed by atoms with van der Waals surface area (Å²) in [6.45, 7) is 5.90. The van der Waals surface area contributed by atoms with E-state index < -0.39 is 0 Å². The molecule has 0 unspecified atom stereocenters. The summed E-state index contributed by atoms with van der Waals surface area (Å²) < 4.78 is 5.31. The second kappa shape index (κ2) is 10.4. The van der Waals surface area contributed by atoms with Crippen LogP contribution in [0.2, 0.25) is 0 Å². The molecule has 1 aromatic rings. The van der Waals surface area contributed by atoms with E-state index in [2.05, 4.69) is 24.1 Å². The van der Waals surface area contributed by atoms with Crippen molar-refractivity contribution >= 4 is 17.8 Å². The number of carbonyl (C=O) groups is 3. The van der Waals surface area contributed by atoms with Gasteiger partial charge >= 0.3 is 5.97 Å². The standard InChI is InChI=1S/C31H44N2O4/c1-30-17-15-25-23(10-12-26-31(25,2)18-16-28(35)33(26)3)24(30)11-9-22(30)19-32-27(34)13-14-29(36)37-20-21-7-5-4-6-8-21/h4-8,22-26H,9-20H2,1-3H3,(H,32,34)/t22-,23+,24+,25+,26-,30-,31-/m1/s1. The van der Waals surface area contributed by atoms with Gasteiger partial charge in [-0.15, -0.1) is 0 Å². The first-order chi connectivity index (χ1) is 17.7. The third kappa shape index (κ3) is 4.93. The summed E-state index contributed by atoms with van der Waals surface area (Å²) in [6.07, 6.45) is 9.27. The molecular weight excluding hydrogens is 464 g/mol. The first kappa shape index (κ1) is 26.2. The average Bonchev–Trinajstić information content (AvgIpc) is 3.24. The highest BCUT2D eigenvalue weighted by Crippen LogP contribution is 2.66. The molecule has 0 radical (unpaired) electrons. The lowest BCUT2D eigenvalue weighted by Gasteiger charge is -2.61. The van der Waals surface area contributed by atoms with Gasteiger partial charge in [-0.25, -0.2) is 0 Å². The van der Waals surface area contributed by atoms with E-state index in [1.807, 2.05) is 37.4 Å². The van der Waals surface area contributed by atoms with Crippen LogP contribution in [0.5, 0.6) is 0 Å². The van der Waals surface area contributed by atoms with Gasteiger partial charge in [-0.3, -0.25) is 14.4 Å². The summed E-state index contributed by atoms with van der Waals surface area (Å²) in [5.41, 5.74) is 1.46. The lowest BCUT2D eigenvalue weighted by molar-refractivity contribution is -0.158. The second-order valence-corrected chi connectivity index (χ2v) is 12.7. The number of fused-ring (bicyclic) bond motifs is 5. The molecule has 1 saturated heterocycles. The van der Waals surface area contributed by atoms with E-state index >= 15 is 0 Å². The van der Waals surface area contributed by atoms with Gasteiger partial charge in [0.05, 0.1) is 6.42 Å². The molecular formula is C31H44N2O4. The number of hydrogen-bond donors (Lipinski definition) is 1. The van der Waals surface area contributed by atoms with Crippen LogP contribution >= 0.6 is 0 Å². The summed E-state index contributed by atoms with van der Waals surface area (Å²) in [5, 5.41) is 3.16. The summed E-state index contributed by atoms with van der Waals surface area (Å²) in [4.78, 5) is 39.1. The molecule has 37 heavy (non-hydrogen) atoms. The van der Waals surface area contributed by atoms with Crippen LogP contribution in [0, 0.1) is 34.5 Å². The Bertz CT molecular complexity index is 1010. The van der Waals surface area contributed by atoms with Crippen molar-refractivity contribution in [2.75, 3.05) is 13.6 Å². The van der Waals surface area contributed by atoms with Gasteiger partial charge in [-0.05, 0) is 85.0 Å². The third-order valence-electron chi connectivity index (χ3n) is 11.1. The van der Waals surface area contributed by atoms with Gasteiger partial charge in [-0.2, -0.15) is 0 Å². The molecule has 1 aromatic carbocycles. The Labute approximate surface area is 221 Å². The summed E-state index contributed by atoms with van der Waals surface area (Å²) in [7, 11) is 2.02. The number of nitrogens with one attached hydrogen (secondary N) is 1. The Morgan fingerprint density at radius 3 is 2.51 bits per heavy atom. The molecule has 1 heterocycles. The van der Waals surface area contributed by atoms with Crippen molar-refractivity contribution in [2.45, 2.75) is 90.7 Å². The Hall–Kier alpha value is -2.37. The molecule has 4 aliphatic rings. The predicted octanol–water partition coefficient (Wildman–Crippen LogP) is 5.11. The fourth-order valence-corrected chi connectivity index (χ4v) is 8.95. The number of likely N-dealkylation sites (tertiary alicyclic amines) is 1. The first-order valence-corrected chi connectivity index (χ1v) is 14.4. The average molecular weight is 509 g/mol. The minimum atomic E-state index is -0.329. The van der Waals surface area contributed by atoms with Gasteiger partial charge in [0.15, 0.2) is 0 Å². The van der Waals surface area contributed by atoms with Crippen LogP contribution in [0.3, 0.4) is 0 Å². The number of rotatable bonds is 7. The molecule has 7 atom stereocenters. The number of piperidine rings is 1. The lowest BCUT2D eigenvalue weighted by Crippen LogP contribution is -2.61. The fraction of sp³-hybridized carbons (Fsp3) is 0.710. The zero-order valence-corrected chi connectivity index (χ0v) is 22.8. The molecule has 3 saturated carbocycles. The molecule has 2 amide bonds. The number of hydrogen-bond acceptors (Lipinski definition) is 4. The van der Waals surface area contributed by atoms with Crippen molar-refractivity contribution in [1.29, 1.82) is 0 Å². The van der Waals surface area contributed by atoms with E-state index in [0.29, 0.717) is 42.7 Å². The van der Waals surface area contributed by atoms with E-state index in [0.717, 1.165) is 24.3 Å². The summed E-state index contributed by atoms with van der Waals surface area (Å²) in [6, 6.07) is 10.00. The highest BCUT2D eigenvalue weighted by Gasteiger charge is 2.60. The number of benzene rings is 1. The van der Waals surface area contributed by atoms with E-state index in [-0.39, 0.29) is 42.2 Å². The molecule has 1 N–H and O–H groups in total. The maximum Gasteiger partial charge on any atom is 0.306 e. The third-order valence-corrected chi connectivity index (χ3v) is 11.1. The topological polar surface area (TPSA) is 75.7 Å². The van der Waals surface area contributed by atoms with E-state index in [9.17, 15) is 14.4 Å². The number of ether oxygens (including phenoxy) is 1. The Kier molecular flexibility index (Phi) is 7.39. The fourth-order valence-electron chi connectivity index (χ4n) is 8.95. The SMILES string of the molecule is CN1C(=O)CC[C@]2(C)[C@H]3CC[C@]4(C)[C@@H](CNC(=O)CCC(=O)OCc5ccccc5)CC[C@H]4[C@@H]3CC[C@@H]12. The maximum absolute atomic E-state index is 12.6. The summed E-state index contributed by atoms with van der Waals surface area (Å²) in [5.74, 6) is 2.58. The Balaban J connectivity index is 1.11. The monoisotopic (exact) mass is 508 g/mol. The van der Waals surface area contributed by atoms with E-state index in [1.54, 1.807) is 0 Å². The van der Waals surface area contributed by atoms with E-state index in [4.69, 9.17) is 4.74 Å². The van der Waals surface area contributed by atoms with Crippen LogP contribution in [0.15, 0.2) is 30.3 Å². The first-order valence-electron chi connectivity index (χ1n) is 14.4. The number of esters is 1. The van der Waals surface area contributed by atoms with Crippen molar-refractivity contribution in [1.82, 2.24) is 10.2 Å². The van der Waals surface area contributed by atoms with Crippen LogP contribution in [-0.4, -0.2) is 42.3 Å². The van der Waals surface area contributed by atoms with Crippen LogP contribution < -0.4 is 5.32 Å². The molecule has 0 bridgehead atoms. The van der Waals surface area contributed by atoms with Gasteiger partial charge in [-0.1, -0.05) is 44.2 Å². The highest BCUT2D eigenvalue weighted by molar-refractivity contribution is 5.81. The molecule has 3 aliphatic carbocycles. The summed E-state index contributed by atoms with van der Waals surface area (Å²) >= 11 is 0. The maximum atomic E-state index is 12.6. The van der Waals surface area contributed by atoms with Crippen molar-refractivity contribution in [3.05, 3.63) is 35.9 Å². The zero-order chi connectivity index (χ0) is 26.2. The van der Waals surface area contributed by atoms with Gasteiger partial charge in [0.25, 0.3) is 0 Å². The van der Waals surface area contributed by atoms with Crippen LogP contribution in [0.25, 0.3) is 0 Å².